The number of rotatable bonds is 2. The Bertz CT molecular complexity index is 835. The van der Waals surface area contributed by atoms with Gasteiger partial charge in [0.25, 0.3) is 5.91 Å². The second-order valence-electron chi connectivity index (χ2n) is 6.10. The molecule has 120 valence electrons. The standard InChI is InChI=1S/C21H19NO2/c23-21(22-13-5-8-17-6-1-3-9-19(17)22)12-11-16-14-18-7-2-4-10-20(18)24-15-16/h1-4,6-7,9-12,14H,5,8,13,15H2/b12-11+. The molecular weight excluding hydrogens is 298 g/mol. The maximum absolute atomic E-state index is 12.6. The molecule has 4 rings (SSSR count). The van der Waals surface area contributed by atoms with Gasteiger partial charge in [-0.1, -0.05) is 42.5 Å². The van der Waals surface area contributed by atoms with Crippen molar-refractivity contribution < 1.29 is 9.53 Å². The number of carbonyl (C=O) groups is 1. The van der Waals surface area contributed by atoms with E-state index < -0.39 is 0 Å². The van der Waals surface area contributed by atoms with Gasteiger partial charge in [-0.2, -0.15) is 0 Å². The number of nitrogens with zero attached hydrogens (tertiary/aromatic N) is 1. The molecule has 0 fully saturated rings. The first-order chi connectivity index (χ1) is 11.8. The van der Waals surface area contributed by atoms with E-state index in [-0.39, 0.29) is 5.91 Å². The minimum atomic E-state index is 0.0295. The molecule has 0 atom stereocenters. The maximum atomic E-state index is 12.6. The van der Waals surface area contributed by atoms with E-state index >= 15 is 0 Å². The summed E-state index contributed by atoms with van der Waals surface area (Å²) in [5, 5.41) is 0. The zero-order valence-electron chi connectivity index (χ0n) is 13.4. The van der Waals surface area contributed by atoms with Crippen LogP contribution in [-0.4, -0.2) is 19.1 Å². The van der Waals surface area contributed by atoms with E-state index in [1.54, 1.807) is 6.08 Å². The van der Waals surface area contributed by atoms with Crippen LogP contribution in [0.3, 0.4) is 0 Å². The Morgan fingerprint density at radius 1 is 1.08 bits per heavy atom. The Balaban J connectivity index is 1.53. The van der Waals surface area contributed by atoms with Gasteiger partial charge in [0.05, 0.1) is 0 Å². The van der Waals surface area contributed by atoms with Gasteiger partial charge < -0.3 is 9.64 Å². The predicted octanol–water partition coefficient (Wildman–Crippen LogP) is 4.00. The lowest BCUT2D eigenvalue weighted by molar-refractivity contribution is -0.114. The van der Waals surface area contributed by atoms with E-state index in [2.05, 4.69) is 12.1 Å². The van der Waals surface area contributed by atoms with Crippen molar-refractivity contribution in [3.8, 4) is 5.75 Å². The highest BCUT2D eigenvalue weighted by atomic mass is 16.5. The topological polar surface area (TPSA) is 29.5 Å². The molecule has 0 N–H and O–H groups in total. The molecule has 0 aromatic heterocycles. The highest BCUT2D eigenvalue weighted by molar-refractivity contribution is 6.02. The number of carbonyl (C=O) groups excluding carboxylic acids is 1. The van der Waals surface area contributed by atoms with Crippen LogP contribution in [0.2, 0.25) is 0 Å². The zero-order valence-corrected chi connectivity index (χ0v) is 13.4. The number of hydrogen-bond acceptors (Lipinski definition) is 2. The van der Waals surface area contributed by atoms with Gasteiger partial charge in [0.2, 0.25) is 0 Å². The van der Waals surface area contributed by atoms with Crippen molar-refractivity contribution in [2.45, 2.75) is 12.8 Å². The number of anilines is 1. The van der Waals surface area contributed by atoms with Gasteiger partial charge in [-0.3, -0.25) is 4.79 Å². The smallest absolute Gasteiger partial charge is 0.250 e. The Morgan fingerprint density at radius 3 is 2.88 bits per heavy atom. The van der Waals surface area contributed by atoms with E-state index in [0.717, 1.165) is 42.0 Å². The fourth-order valence-electron chi connectivity index (χ4n) is 3.26. The van der Waals surface area contributed by atoms with Crippen molar-refractivity contribution in [3.05, 3.63) is 77.4 Å². The number of hydrogen-bond donors (Lipinski definition) is 0. The lowest BCUT2D eigenvalue weighted by Gasteiger charge is -2.28. The van der Waals surface area contributed by atoms with E-state index in [1.165, 1.54) is 5.56 Å². The molecule has 0 saturated carbocycles. The summed E-state index contributed by atoms with van der Waals surface area (Å²) in [7, 11) is 0. The number of benzene rings is 2. The van der Waals surface area contributed by atoms with Crippen LogP contribution < -0.4 is 9.64 Å². The van der Waals surface area contributed by atoms with Crippen LogP contribution >= 0.6 is 0 Å². The third kappa shape index (κ3) is 2.85. The molecule has 2 aromatic carbocycles. The molecule has 0 saturated heterocycles. The lowest BCUT2D eigenvalue weighted by atomic mass is 10.0. The summed E-state index contributed by atoms with van der Waals surface area (Å²) in [6.45, 7) is 1.27. The van der Waals surface area contributed by atoms with Crippen molar-refractivity contribution in [2.75, 3.05) is 18.1 Å². The Hall–Kier alpha value is -2.81. The molecule has 2 aliphatic heterocycles. The molecule has 0 radical (unpaired) electrons. The number of ether oxygens (including phenoxy) is 1. The minimum absolute atomic E-state index is 0.0295. The van der Waals surface area contributed by atoms with Gasteiger partial charge in [0.15, 0.2) is 0 Å². The first kappa shape index (κ1) is 14.8. The fraction of sp³-hybridized carbons (Fsp3) is 0.190. The molecule has 2 aliphatic rings. The monoisotopic (exact) mass is 317 g/mol. The Kier molecular flexibility index (Phi) is 3.91. The normalized spacial score (nSPS) is 16.2. The van der Waals surface area contributed by atoms with E-state index in [0.29, 0.717) is 6.61 Å². The lowest BCUT2D eigenvalue weighted by Crippen LogP contribution is -2.34. The summed E-state index contributed by atoms with van der Waals surface area (Å²) < 4.78 is 5.73. The second-order valence-corrected chi connectivity index (χ2v) is 6.10. The first-order valence-corrected chi connectivity index (χ1v) is 8.31. The van der Waals surface area contributed by atoms with Crippen LogP contribution in [0.5, 0.6) is 5.75 Å². The van der Waals surface area contributed by atoms with Gasteiger partial charge in [-0.05, 0) is 42.2 Å². The van der Waals surface area contributed by atoms with Crippen molar-refractivity contribution in [1.29, 1.82) is 0 Å². The van der Waals surface area contributed by atoms with Crippen LogP contribution in [0.1, 0.15) is 17.5 Å². The largest absolute Gasteiger partial charge is 0.488 e. The number of fused-ring (bicyclic) bond motifs is 2. The van der Waals surface area contributed by atoms with Crippen molar-refractivity contribution >= 4 is 17.7 Å². The summed E-state index contributed by atoms with van der Waals surface area (Å²) in [6, 6.07) is 16.1. The van der Waals surface area contributed by atoms with Gasteiger partial charge in [-0.25, -0.2) is 0 Å². The summed E-state index contributed by atoms with van der Waals surface area (Å²) in [5.41, 5.74) is 4.35. The van der Waals surface area contributed by atoms with Crippen LogP contribution in [0.4, 0.5) is 5.69 Å². The van der Waals surface area contributed by atoms with Gasteiger partial charge in [0, 0.05) is 23.9 Å². The minimum Gasteiger partial charge on any atom is -0.488 e. The average molecular weight is 317 g/mol. The van der Waals surface area contributed by atoms with Gasteiger partial charge in [-0.15, -0.1) is 0 Å². The first-order valence-electron chi connectivity index (χ1n) is 8.31. The highest BCUT2D eigenvalue weighted by Crippen LogP contribution is 2.28. The molecule has 24 heavy (non-hydrogen) atoms. The number of aryl methyl sites for hydroxylation is 1. The Labute approximate surface area is 141 Å². The second kappa shape index (κ2) is 6.36. The molecule has 3 nitrogen and oxygen atoms in total. The van der Waals surface area contributed by atoms with Gasteiger partial charge in [0.1, 0.15) is 12.4 Å². The summed E-state index contributed by atoms with van der Waals surface area (Å²) in [5.74, 6) is 0.924. The summed E-state index contributed by atoms with van der Waals surface area (Å²) in [4.78, 5) is 14.5. The SMILES string of the molecule is O=C(/C=C/C1=Cc2ccccc2OC1)N1CCCc2ccccc21. The summed E-state index contributed by atoms with van der Waals surface area (Å²) in [6.07, 6.45) is 7.66. The fourth-order valence-corrected chi connectivity index (χ4v) is 3.26. The highest BCUT2D eigenvalue weighted by Gasteiger charge is 2.20. The third-order valence-electron chi connectivity index (χ3n) is 4.47. The predicted molar refractivity (Wildman–Crippen MR) is 96.2 cm³/mol. The van der Waals surface area contributed by atoms with Gasteiger partial charge >= 0.3 is 0 Å². The number of amides is 1. The van der Waals surface area contributed by atoms with E-state index in [4.69, 9.17) is 4.74 Å². The van der Waals surface area contributed by atoms with Crippen LogP contribution in [0.15, 0.2) is 66.3 Å². The van der Waals surface area contributed by atoms with E-state index in [9.17, 15) is 4.79 Å². The molecule has 3 heteroatoms. The molecule has 2 aromatic rings. The van der Waals surface area contributed by atoms with Crippen molar-refractivity contribution in [3.63, 3.8) is 0 Å². The Morgan fingerprint density at radius 2 is 1.92 bits per heavy atom. The average Bonchev–Trinajstić information content (AvgIpc) is 2.65. The zero-order chi connectivity index (χ0) is 16.4. The van der Waals surface area contributed by atoms with Crippen molar-refractivity contribution in [2.24, 2.45) is 0 Å². The summed E-state index contributed by atoms with van der Waals surface area (Å²) >= 11 is 0. The van der Waals surface area contributed by atoms with Crippen LogP contribution in [0.25, 0.3) is 6.08 Å². The number of para-hydroxylation sites is 2. The van der Waals surface area contributed by atoms with Crippen LogP contribution in [-0.2, 0) is 11.2 Å². The molecule has 0 spiro atoms. The molecule has 0 bridgehead atoms. The molecule has 0 unspecified atom stereocenters. The molecule has 2 heterocycles. The van der Waals surface area contributed by atoms with E-state index in [1.807, 2.05) is 53.4 Å². The molecule has 1 amide bonds. The maximum Gasteiger partial charge on any atom is 0.250 e. The molecular formula is C21H19NO2. The quantitative estimate of drug-likeness (QED) is 0.784. The third-order valence-corrected chi connectivity index (χ3v) is 4.47. The van der Waals surface area contributed by atoms with Crippen LogP contribution in [0, 0.1) is 0 Å². The molecule has 0 aliphatic carbocycles. The van der Waals surface area contributed by atoms with Crippen molar-refractivity contribution in [1.82, 2.24) is 0 Å².